The third-order valence-corrected chi connectivity index (χ3v) is 3.08. The Morgan fingerprint density at radius 1 is 1.30 bits per heavy atom. The molecule has 0 aliphatic heterocycles. The molecule has 106 valence electrons. The number of hydrogen-bond acceptors (Lipinski definition) is 3. The number of aromatic carboxylic acids is 1. The van der Waals surface area contributed by atoms with Gasteiger partial charge in [-0.25, -0.2) is 9.59 Å². The first-order valence-electron chi connectivity index (χ1n) is 5.96. The minimum absolute atomic E-state index is 0.0622. The number of halogens is 1. The van der Waals surface area contributed by atoms with E-state index in [4.69, 9.17) is 4.74 Å². The monoisotopic (exact) mass is 339 g/mol. The lowest BCUT2D eigenvalue weighted by molar-refractivity contribution is 0.0544. The van der Waals surface area contributed by atoms with E-state index in [1.54, 1.807) is 39.0 Å². The molecule has 0 radical (unpaired) electrons. The second-order valence-corrected chi connectivity index (χ2v) is 6.28. The van der Waals surface area contributed by atoms with Gasteiger partial charge in [0.15, 0.2) is 0 Å². The molecule has 1 aromatic heterocycles. The van der Waals surface area contributed by atoms with Crippen LogP contribution >= 0.6 is 15.9 Å². The number of ether oxygens (including phenoxy) is 1. The van der Waals surface area contributed by atoms with E-state index in [9.17, 15) is 14.7 Å². The molecular weight excluding hydrogens is 326 g/mol. The van der Waals surface area contributed by atoms with Gasteiger partial charge >= 0.3 is 12.1 Å². The molecule has 2 rings (SSSR count). The number of carbonyl (C=O) groups is 2. The molecule has 0 saturated carbocycles. The Balaban J connectivity index is 2.60. The molecule has 6 heteroatoms. The quantitative estimate of drug-likeness (QED) is 0.855. The van der Waals surface area contributed by atoms with Gasteiger partial charge in [0.25, 0.3) is 0 Å². The summed E-state index contributed by atoms with van der Waals surface area (Å²) in [4.78, 5) is 23.4. The number of nitrogens with zero attached hydrogens (tertiary/aromatic N) is 1. The SMILES string of the molecule is CC(C)(C)OC(=O)n1cc(C(=O)O)c2cc(Br)ccc21. The minimum Gasteiger partial charge on any atom is -0.478 e. The van der Waals surface area contributed by atoms with Crippen molar-refractivity contribution in [3.05, 3.63) is 34.4 Å². The molecule has 0 atom stereocenters. The summed E-state index contributed by atoms with van der Waals surface area (Å²) in [5.74, 6) is -1.09. The molecular formula is C14H14BrNO4. The number of fused-ring (bicyclic) bond motifs is 1. The maximum absolute atomic E-state index is 12.1. The van der Waals surface area contributed by atoms with Gasteiger partial charge in [-0.3, -0.25) is 4.57 Å². The molecule has 0 fully saturated rings. The standard InChI is InChI=1S/C14H14BrNO4/c1-14(2,3)20-13(19)16-7-10(12(17)18)9-6-8(15)4-5-11(9)16/h4-7H,1-3H3,(H,17,18). The summed E-state index contributed by atoms with van der Waals surface area (Å²) < 4.78 is 7.24. The minimum atomic E-state index is -1.09. The summed E-state index contributed by atoms with van der Waals surface area (Å²) in [6.45, 7) is 5.27. The fraction of sp³-hybridized carbons (Fsp3) is 0.286. The van der Waals surface area contributed by atoms with Crippen LogP contribution < -0.4 is 0 Å². The van der Waals surface area contributed by atoms with Crippen molar-refractivity contribution in [3.63, 3.8) is 0 Å². The Hall–Kier alpha value is -1.82. The molecule has 1 heterocycles. The summed E-state index contributed by atoms with van der Waals surface area (Å²) in [6, 6.07) is 5.09. The van der Waals surface area contributed by atoms with Crippen molar-refractivity contribution in [2.24, 2.45) is 0 Å². The second-order valence-electron chi connectivity index (χ2n) is 5.36. The Labute approximate surface area is 124 Å². The number of carboxylic acids is 1. The molecule has 0 saturated heterocycles. The van der Waals surface area contributed by atoms with Gasteiger partial charge in [-0.1, -0.05) is 15.9 Å². The van der Waals surface area contributed by atoms with E-state index >= 15 is 0 Å². The van der Waals surface area contributed by atoms with Gasteiger partial charge in [-0.05, 0) is 39.0 Å². The highest BCUT2D eigenvalue weighted by molar-refractivity contribution is 9.10. The van der Waals surface area contributed by atoms with Crippen LogP contribution in [0.2, 0.25) is 0 Å². The van der Waals surface area contributed by atoms with E-state index in [-0.39, 0.29) is 5.56 Å². The van der Waals surface area contributed by atoms with Crippen molar-refractivity contribution in [1.82, 2.24) is 4.57 Å². The zero-order chi connectivity index (χ0) is 15.1. The lowest BCUT2D eigenvalue weighted by Crippen LogP contribution is -2.26. The lowest BCUT2D eigenvalue weighted by atomic mass is 10.2. The maximum atomic E-state index is 12.1. The van der Waals surface area contributed by atoms with Crippen LogP contribution in [-0.2, 0) is 4.74 Å². The average Bonchev–Trinajstić information content (AvgIpc) is 2.65. The zero-order valence-electron chi connectivity index (χ0n) is 11.3. The van der Waals surface area contributed by atoms with Crippen LogP contribution in [0.15, 0.2) is 28.9 Å². The Morgan fingerprint density at radius 3 is 2.50 bits per heavy atom. The largest absolute Gasteiger partial charge is 0.478 e. The first kappa shape index (κ1) is 14.6. The van der Waals surface area contributed by atoms with E-state index in [1.165, 1.54) is 10.8 Å². The molecule has 5 nitrogen and oxygen atoms in total. The fourth-order valence-electron chi connectivity index (χ4n) is 1.83. The van der Waals surface area contributed by atoms with Gasteiger partial charge in [0.1, 0.15) is 5.60 Å². The molecule has 0 aliphatic carbocycles. The molecule has 1 aromatic carbocycles. The van der Waals surface area contributed by atoms with E-state index in [0.717, 1.165) is 4.47 Å². The highest BCUT2D eigenvalue weighted by Gasteiger charge is 2.22. The molecule has 0 aliphatic rings. The van der Waals surface area contributed by atoms with Crippen LogP contribution in [-0.4, -0.2) is 27.3 Å². The van der Waals surface area contributed by atoms with Crippen molar-refractivity contribution in [3.8, 4) is 0 Å². The summed E-state index contributed by atoms with van der Waals surface area (Å²) in [7, 11) is 0. The van der Waals surface area contributed by atoms with Gasteiger partial charge in [0.2, 0.25) is 0 Å². The second kappa shape index (κ2) is 4.94. The van der Waals surface area contributed by atoms with Crippen molar-refractivity contribution in [2.45, 2.75) is 26.4 Å². The normalized spacial score (nSPS) is 11.6. The summed E-state index contributed by atoms with van der Waals surface area (Å²) in [5, 5.41) is 9.70. The van der Waals surface area contributed by atoms with Gasteiger partial charge < -0.3 is 9.84 Å². The van der Waals surface area contributed by atoms with Gasteiger partial charge in [0.05, 0.1) is 11.1 Å². The van der Waals surface area contributed by atoms with Gasteiger partial charge in [-0.2, -0.15) is 0 Å². The van der Waals surface area contributed by atoms with E-state index in [1.807, 2.05) is 0 Å². The highest BCUT2D eigenvalue weighted by atomic mass is 79.9. The lowest BCUT2D eigenvalue weighted by Gasteiger charge is -2.19. The molecule has 1 N–H and O–H groups in total. The molecule has 0 spiro atoms. The Bertz CT molecular complexity index is 697. The van der Waals surface area contributed by atoms with Gasteiger partial charge in [0, 0.05) is 16.1 Å². The molecule has 0 bridgehead atoms. The maximum Gasteiger partial charge on any atom is 0.419 e. The zero-order valence-corrected chi connectivity index (χ0v) is 12.9. The van der Waals surface area contributed by atoms with Crippen LogP contribution in [0.4, 0.5) is 4.79 Å². The van der Waals surface area contributed by atoms with E-state index < -0.39 is 17.7 Å². The predicted octanol–water partition coefficient (Wildman–Crippen LogP) is 3.89. The number of hydrogen-bond donors (Lipinski definition) is 1. The number of carbonyl (C=O) groups excluding carboxylic acids is 1. The third kappa shape index (κ3) is 2.85. The molecule has 2 aromatic rings. The van der Waals surface area contributed by atoms with Crippen molar-refractivity contribution < 1.29 is 19.4 Å². The van der Waals surface area contributed by atoms with Crippen LogP contribution in [0.3, 0.4) is 0 Å². The first-order chi connectivity index (χ1) is 9.19. The Morgan fingerprint density at radius 2 is 1.95 bits per heavy atom. The van der Waals surface area contributed by atoms with Gasteiger partial charge in [-0.15, -0.1) is 0 Å². The molecule has 0 unspecified atom stereocenters. The number of carboxylic acid groups (broad SMARTS) is 1. The average molecular weight is 340 g/mol. The summed E-state index contributed by atoms with van der Waals surface area (Å²) in [6.07, 6.45) is 0.686. The van der Waals surface area contributed by atoms with Crippen molar-refractivity contribution >= 4 is 38.9 Å². The van der Waals surface area contributed by atoms with Crippen LogP contribution in [0.1, 0.15) is 31.1 Å². The van der Waals surface area contributed by atoms with Crippen LogP contribution in [0, 0.1) is 0 Å². The molecule has 20 heavy (non-hydrogen) atoms. The topological polar surface area (TPSA) is 68.5 Å². The van der Waals surface area contributed by atoms with Crippen LogP contribution in [0.25, 0.3) is 10.9 Å². The highest BCUT2D eigenvalue weighted by Crippen LogP contribution is 2.26. The Kier molecular flexibility index (Phi) is 3.60. The van der Waals surface area contributed by atoms with Crippen LogP contribution in [0.5, 0.6) is 0 Å². The summed E-state index contributed by atoms with van der Waals surface area (Å²) in [5.41, 5.74) is -0.0844. The predicted molar refractivity (Wildman–Crippen MR) is 78.2 cm³/mol. The number of rotatable bonds is 1. The number of benzene rings is 1. The molecule has 0 amide bonds. The van der Waals surface area contributed by atoms with Crippen molar-refractivity contribution in [2.75, 3.05) is 0 Å². The van der Waals surface area contributed by atoms with E-state index in [2.05, 4.69) is 15.9 Å². The number of aromatic nitrogens is 1. The first-order valence-corrected chi connectivity index (χ1v) is 6.75. The summed E-state index contributed by atoms with van der Waals surface area (Å²) >= 11 is 3.29. The third-order valence-electron chi connectivity index (χ3n) is 2.59. The van der Waals surface area contributed by atoms with E-state index in [0.29, 0.717) is 10.9 Å². The smallest absolute Gasteiger partial charge is 0.419 e. The fourth-order valence-corrected chi connectivity index (χ4v) is 2.20. The van der Waals surface area contributed by atoms with Crippen molar-refractivity contribution in [1.29, 1.82) is 0 Å².